The van der Waals surface area contributed by atoms with E-state index in [9.17, 15) is 4.79 Å². The van der Waals surface area contributed by atoms with Gasteiger partial charge in [-0.1, -0.05) is 12.1 Å². The summed E-state index contributed by atoms with van der Waals surface area (Å²) in [6.07, 6.45) is 3.56. The monoisotopic (exact) mass is 202 g/mol. The van der Waals surface area contributed by atoms with Gasteiger partial charge < -0.3 is 5.11 Å². The van der Waals surface area contributed by atoms with Gasteiger partial charge in [-0.15, -0.1) is 0 Å². The number of aromatic nitrogens is 2. The molecule has 0 radical (unpaired) electrons. The van der Waals surface area contributed by atoms with Crippen LogP contribution in [0.25, 0.3) is 11.1 Å². The van der Waals surface area contributed by atoms with E-state index in [1.165, 1.54) is 0 Å². The SMILES string of the molecule is Cn1cc(-c2cccc(C(=O)O)c2)cn1. The molecule has 1 aromatic heterocycles. The third kappa shape index (κ3) is 1.88. The maximum absolute atomic E-state index is 10.8. The van der Waals surface area contributed by atoms with Crippen LogP contribution in [0.15, 0.2) is 36.7 Å². The molecule has 2 rings (SSSR count). The molecule has 0 aliphatic heterocycles. The number of aryl methyl sites for hydroxylation is 1. The van der Waals surface area contributed by atoms with E-state index < -0.39 is 5.97 Å². The topological polar surface area (TPSA) is 55.1 Å². The van der Waals surface area contributed by atoms with E-state index in [2.05, 4.69) is 5.10 Å². The summed E-state index contributed by atoms with van der Waals surface area (Å²) in [4.78, 5) is 10.8. The second-order valence-electron chi connectivity index (χ2n) is 3.29. The van der Waals surface area contributed by atoms with Crippen LogP contribution in [0.4, 0.5) is 0 Å². The van der Waals surface area contributed by atoms with Crippen molar-refractivity contribution in [3.05, 3.63) is 42.2 Å². The van der Waals surface area contributed by atoms with Crippen LogP contribution in [-0.4, -0.2) is 20.9 Å². The summed E-state index contributed by atoms with van der Waals surface area (Å²) in [5.41, 5.74) is 2.07. The summed E-state index contributed by atoms with van der Waals surface area (Å²) in [5.74, 6) is -0.916. The van der Waals surface area contributed by atoms with Gasteiger partial charge >= 0.3 is 5.97 Å². The first-order valence-corrected chi connectivity index (χ1v) is 4.49. The number of hydrogen-bond acceptors (Lipinski definition) is 2. The van der Waals surface area contributed by atoms with Gasteiger partial charge in [0.1, 0.15) is 0 Å². The summed E-state index contributed by atoms with van der Waals surface area (Å²) >= 11 is 0. The van der Waals surface area contributed by atoms with Gasteiger partial charge in [0.2, 0.25) is 0 Å². The number of carboxylic acids is 1. The molecule has 0 spiro atoms. The van der Waals surface area contributed by atoms with E-state index >= 15 is 0 Å². The number of aromatic carboxylic acids is 1. The molecule has 0 unspecified atom stereocenters. The summed E-state index contributed by atoms with van der Waals surface area (Å²) in [6.45, 7) is 0. The van der Waals surface area contributed by atoms with E-state index in [-0.39, 0.29) is 5.56 Å². The molecular weight excluding hydrogens is 192 g/mol. The lowest BCUT2D eigenvalue weighted by molar-refractivity contribution is 0.0697. The summed E-state index contributed by atoms with van der Waals surface area (Å²) in [5, 5.41) is 12.9. The Morgan fingerprint density at radius 1 is 1.40 bits per heavy atom. The molecule has 0 atom stereocenters. The fraction of sp³-hybridized carbons (Fsp3) is 0.0909. The van der Waals surface area contributed by atoms with Crippen LogP contribution in [0.3, 0.4) is 0 Å². The van der Waals surface area contributed by atoms with E-state index in [1.807, 2.05) is 19.3 Å². The van der Waals surface area contributed by atoms with Crippen molar-refractivity contribution in [3.8, 4) is 11.1 Å². The van der Waals surface area contributed by atoms with Crippen molar-refractivity contribution in [1.29, 1.82) is 0 Å². The molecule has 2 aromatic rings. The minimum Gasteiger partial charge on any atom is -0.478 e. The number of benzene rings is 1. The van der Waals surface area contributed by atoms with Gasteiger partial charge in [0.25, 0.3) is 0 Å². The van der Waals surface area contributed by atoms with Crippen molar-refractivity contribution in [3.63, 3.8) is 0 Å². The van der Waals surface area contributed by atoms with E-state index in [0.29, 0.717) is 0 Å². The molecule has 0 aliphatic carbocycles. The standard InChI is InChI=1S/C11H10N2O2/c1-13-7-10(6-12-13)8-3-2-4-9(5-8)11(14)15/h2-7H,1H3,(H,14,15). The van der Waals surface area contributed by atoms with Gasteiger partial charge in [-0.25, -0.2) is 4.79 Å². The molecule has 1 heterocycles. The zero-order valence-corrected chi connectivity index (χ0v) is 8.21. The Kier molecular flexibility index (Phi) is 2.25. The number of hydrogen-bond donors (Lipinski definition) is 1. The van der Waals surface area contributed by atoms with Gasteiger partial charge in [0.05, 0.1) is 11.8 Å². The molecular formula is C11H10N2O2. The maximum atomic E-state index is 10.8. The molecule has 4 nitrogen and oxygen atoms in total. The normalized spacial score (nSPS) is 10.2. The summed E-state index contributed by atoms with van der Waals surface area (Å²) in [6, 6.07) is 6.80. The van der Waals surface area contributed by atoms with Crippen molar-refractivity contribution in [2.24, 2.45) is 7.05 Å². The highest BCUT2D eigenvalue weighted by Crippen LogP contribution is 2.19. The van der Waals surface area contributed by atoms with Gasteiger partial charge in [-0.2, -0.15) is 5.10 Å². The van der Waals surface area contributed by atoms with Crippen LogP contribution in [0.1, 0.15) is 10.4 Å². The molecule has 0 bridgehead atoms. The van der Waals surface area contributed by atoms with Gasteiger partial charge in [-0.3, -0.25) is 4.68 Å². The largest absolute Gasteiger partial charge is 0.478 e. The van der Waals surface area contributed by atoms with Crippen LogP contribution < -0.4 is 0 Å². The highest BCUT2D eigenvalue weighted by Gasteiger charge is 2.05. The lowest BCUT2D eigenvalue weighted by Crippen LogP contribution is -1.95. The average Bonchev–Trinajstić information content (AvgIpc) is 2.65. The Hall–Kier alpha value is -2.10. The third-order valence-corrected chi connectivity index (χ3v) is 2.15. The van der Waals surface area contributed by atoms with Crippen molar-refractivity contribution in [2.75, 3.05) is 0 Å². The Morgan fingerprint density at radius 2 is 2.20 bits per heavy atom. The molecule has 0 saturated heterocycles. The molecule has 1 N–H and O–H groups in total. The second-order valence-corrected chi connectivity index (χ2v) is 3.29. The van der Waals surface area contributed by atoms with Gasteiger partial charge in [0, 0.05) is 18.8 Å². The molecule has 0 fully saturated rings. The fourth-order valence-electron chi connectivity index (χ4n) is 1.40. The number of carboxylic acid groups (broad SMARTS) is 1. The van der Waals surface area contributed by atoms with Crippen LogP contribution in [0, 0.1) is 0 Å². The quantitative estimate of drug-likeness (QED) is 0.807. The van der Waals surface area contributed by atoms with E-state index in [1.54, 1.807) is 29.1 Å². The van der Waals surface area contributed by atoms with Crippen LogP contribution in [0.2, 0.25) is 0 Å². The van der Waals surface area contributed by atoms with Gasteiger partial charge in [-0.05, 0) is 17.7 Å². The first-order chi connectivity index (χ1) is 7.16. The molecule has 4 heteroatoms. The van der Waals surface area contributed by atoms with Crippen LogP contribution in [-0.2, 0) is 7.05 Å². The second kappa shape index (κ2) is 3.57. The van der Waals surface area contributed by atoms with E-state index in [0.717, 1.165) is 11.1 Å². The Balaban J connectivity index is 2.45. The lowest BCUT2D eigenvalue weighted by atomic mass is 10.1. The van der Waals surface area contributed by atoms with Crippen LogP contribution in [0.5, 0.6) is 0 Å². The number of nitrogens with zero attached hydrogens (tertiary/aromatic N) is 2. The van der Waals surface area contributed by atoms with Crippen molar-refractivity contribution in [2.45, 2.75) is 0 Å². The zero-order chi connectivity index (χ0) is 10.8. The fourth-order valence-corrected chi connectivity index (χ4v) is 1.40. The highest BCUT2D eigenvalue weighted by molar-refractivity contribution is 5.89. The van der Waals surface area contributed by atoms with Crippen molar-refractivity contribution in [1.82, 2.24) is 9.78 Å². The zero-order valence-electron chi connectivity index (χ0n) is 8.21. The van der Waals surface area contributed by atoms with E-state index in [4.69, 9.17) is 5.11 Å². The summed E-state index contributed by atoms with van der Waals surface area (Å²) in [7, 11) is 1.82. The molecule has 76 valence electrons. The third-order valence-electron chi connectivity index (χ3n) is 2.15. The highest BCUT2D eigenvalue weighted by atomic mass is 16.4. The van der Waals surface area contributed by atoms with Crippen molar-refractivity contribution < 1.29 is 9.90 Å². The predicted molar refractivity (Wildman–Crippen MR) is 55.6 cm³/mol. The number of rotatable bonds is 2. The van der Waals surface area contributed by atoms with Crippen molar-refractivity contribution >= 4 is 5.97 Å². The van der Waals surface area contributed by atoms with Crippen LogP contribution >= 0.6 is 0 Å². The minimum atomic E-state index is -0.916. The maximum Gasteiger partial charge on any atom is 0.335 e. The Labute approximate surface area is 86.8 Å². The molecule has 0 saturated carbocycles. The average molecular weight is 202 g/mol. The smallest absolute Gasteiger partial charge is 0.335 e. The molecule has 1 aromatic carbocycles. The van der Waals surface area contributed by atoms with Gasteiger partial charge in [0.15, 0.2) is 0 Å². The minimum absolute atomic E-state index is 0.288. The molecule has 0 aliphatic rings. The lowest BCUT2D eigenvalue weighted by Gasteiger charge is -1.98. The molecule has 0 amide bonds. The molecule has 15 heavy (non-hydrogen) atoms. The summed E-state index contributed by atoms with van der Waals surface area (Å²) < 4.78 is 1.68. The first kappa shape index (κ1) is 9.45. The Bertz CT molecular complexity index is 503. The first-order valence-electron chi connectivity index (χ1n) is 4.49. The predicted octanol–water partition coefficient (Wildman–Crippen LogP) is 1.79. The Morgan fingerprint density at radius 3 is 2.80 bits per heavy atom. The number of carbonyl (C=O) groups is 1.